The third-order valence-corrected chi connectivity index (χ3v) is 1.59. The highest BCUT2D eigenvalue weighted by Crippen LogP contribution is 2.18. The van der Waals surface area contributed by atoms with Crippen LogP contribution in [0, 0.1) is 0 Å². The molecule has 0 spiro atoms. The summed E-state index contributed by atoms with van der Waals surface area (Å²) in [7, 11) is 0. The highest BCUT2D eigenvalue weighted by molar-refractivity contribution is 9.10. The molecule has 0 saturated heterocycles. The van der Waals surface area contributed by atoms with E-state index in [0.29, 0.717) is 10.3 Å². The van der Waals surface area contributed by atoms with Crippen LogP contribution in [0.15, 0.2) is 20.5 Å². The predicted octanol–water partition coefficient (Wildman–Crippen LogP) is 1.25. The lowest BCUT2D eigenvalue weighted by molar-refractivity contribution is 1.06. The Bertz CT molecular complexity index is 331. The van der Waals surface area contributed by atoms with Gasteiger partial charge in [-0.15, -0.1) is 0 Å². The van der Waals surface area contributed by atoms with Crippen LogP contribution >= 0.6 is 15.9 Å². The molecule has 0 saturated carbocycles. The molecule has 0 aliphatic carbocycles. The number of aliphatic imine (C=N–C) groups is 1. The van der Waals surface area contributed by atoms with Gasteiger partial charge in [-0.3, -0.25) is 4.98 Å². The number of rotatable bonds is 1. The van der Waals surface area contributed by atoms with E-state index in [1.54, 1.807) is 13.1 Å². The Balaban J connectivity index is 3.23. The van der Waals surface area contributed by atoms with Gasteiger partial charge in [0.15, 0.2) is 0 Å². The Hall–Kier alpha value is -0.970. The van der Waals surface area contributed by atoms with Gasteiger partial charge in [-0.25, -0.2) is 14.8 Å². The Morgan fingerprint density at radius 1 is 1.82 bits per heavy atom. The molecule has 0 unspecified atom stereocenters. The second kappa shape index (κ2) is 3.43. The molecule has 5 heteroatoms. The van der Waals surface area contributed by atoms with Crippen molar-refractivity contribution < 1.29 is 0 Å². The van der Waals surface area contributed by atoms with Crippen molar-refractivity contribution in [1.29, 1.82) is 0 Å². The molecule has 0 fully saturated rings. The number of nitrogens with one attached hydrogen (secondary N) is 1. The molecule has 1 aromatic rings. The monoisotopic (exact) mass is 215 g/mol. The summed E-state index contributed by atoms with van der Waals surface area (Å²) in [4.78, 5) is 20.5. The predicted molar refractivity (Wildman–Crippen MR) is 46.4 cm³/mol. The molecule has 11 heavy (non-hydrogen) atoms. The van der Waals surface area contributed by atoms with Crippen LogP contribution in [0.2, 0.25) is 0 Å². The molecule has 1 N–H and O–H groups in total. The van der Waals surface area contributed by atoms with Gasteiger partial charge in [-0.1, -0.05) is 0 Å². The molecule has 0 atom stereocenters. The van der Waals surface area contributed by atoms with Crippen molar-refractivity contribution in [2.45, 2.75) is 6.92 Å². The van der Waals surface area contributed by atoms with Crippen LogP contribution < -0.4 is 5.69 Å². The van der Waals surface area contributed by atoms with Crippen LogP contribution in [0.1, 0.15) is 6.92 Å². The molecule has 0 aliphatic rings. The van der Waals surface area contributed by atoms with Gasteiger partial charge in [0.2, 0.25) is 0 Å². The summed E-state index contributed by atoms with van der Waals surface area (Å²) in [5.74, 6) is 0.493. The van der Waals surface area contributed by atoms with Crippen molar-refractivity contribution in [2.75, 3.05) is 0 Å². The summed E-state index contributed by atoms with van der Waals surface area (Å²) in [5.41, 5.74) is -0.395. The van der Waals surface area contributed by atoms with Crippen LogP contribution in [0.5, 0.6) is 0 Å². The van der Waals surface area contributed by atoms with E-state index >= 15 is 0 Å². The molecule has 0 amide bonds. The van der Waals surface area contributed by atoms with E-state index in [1.165, 1.54) is 6.20 Å². The van der Waals surface area contributed by atoms with Crippen molar-refractivity contribution in [3.8, 4) is 0 Å². The van der Waals surface area contributed by atoms with Crippen LogP contribution in [0.4, 0.5) is 5.82 Å². The minimum Gasteiger partial charge on any atom is -0.289 e. The van der Waals surface area contributed by atoms with Crippen LogP contribution in [0.3, 0.4) is 0 Å². The fourth-order valence-electron chi connectivity index (χ4n) is 0.593. The van der Waals surface area contributed by atoms with Crippen molar-refractivity contribution in [1.82, 2.24) is 9.97 Å². The Labute approximate surface area is 71.5 Å². The lowest BCUT2D eigenvalue weighted by atomic mass is 10.6. The molecule has 1 rings (SSSR count). The first-order valence-corrected chi connectivity index (χ1v) is 3.77. The molecular weight excluding hydrogens is 210 g/mol. The molecular formula is C6H6BrN3O. The lowest BCUT2D eigenvalue weighted by Gasteiger charge is -1.93. The van der Waals surface area contributed by atoms with E-state index < -0.39 is 5.69 Å². The topological polar surface area (TPSA) is 58.1 Å². The summed E-state index contributed by atoms with van der Waals surface area (Å²) in [5, 5.41) is 0. The second-order valence-electron chi connectivity index (χ2n) is 1.77. The van der Waals surface area contributed by atoms with Crippen molar-refractivity contribution in [3.05, 3.63) is 21.2 Å². The fourth-order valence-corrected chi connectivity index (χ4v) is 0.897. The first kappa shape index (κ1) is 8.13. The van der Waals surface area contributed by atoms with Crippen LogP contribution in [0.25, 0.3) is 0 Å². The third kappa shape index (κ3) is 1.98. The summed E-state index contributed by atoms with van der Waals surface area (Å²) < 4.78 is 0.676. The highest BCUT2D eigenvalue weighted by Gasteiger charge is 1.96. The Morgan fingerprint density at radius 2 is 2.55 bits per heavy atom. The standard InChI is InChI=1S/C6H6BrN3O/c1-2-8-5-4(7)3-9-6(11)10-5/h2-3H,1H3,(H,9,10,11). The van der Waals surface area contributed by atoms with Gasteiger partial charge in [-0.2, -0.15) is 0 Å². The average Bonchev–Trinajstić information content (AvgIpc) is 1.98. The van der Waals surface area contributed by atoms with Gasteiger partial charge >= 0.3 is 5.69 Å². The molecule has 4 nitrogen and oxygen atoms in total. The SMILES string of the molecule is CC=Nc1[nH]c(=O)ncc1Br. The van der Waals surface area contributed by atoms with Gasteiger partial charge in [0.05, 0.1) is 10.7 Å². The summed E-state index contributed by atoms with van der Waals surface area (Å²) in [6, 6.07) is 0. The number of aromatic nitrogens is 2. The van der Waals surface area contributed by atoms with E-state index in [9.17, 15) is 4.79 Å². The Morgan fingerprint density at radius 3 is 3.18 bits per heavy atom. The molecule has 0 aliphatic heterocycles. The van der Waals surface area contributed by atoms with Crippen molar-refractivity contribution >= 4 is 28.0 Å². The zero-order valence-corrected chi connectivity index (χ0v) is 7.42. The summed E-state index contributed by atoms with van der Waals surface area (Å²) in [6.07, 6.45) is 3.01. The molecule has 1 aromatic heterocycles. The molecule has 1 heterocycles. The maximum Gasteiger partial charge on any atom is 0.346 e. The number of hydrogen-bond donors (Lipinski definition) is 1. The quantitative estimate of drug-likeness (QED) is 0.718. The van der Waals surface area contributed by atoms with E-state index in [1.807, 2.05) is 0 Å². The zero-order chi connectivity index (χ0) is 8.27. The smallest absolute Gasteiger partial charge is 0.289 e. The van der Waals surface area contributed by atoms with E-state index in [-0.39, 0.29) is 0 Å². The lowest BCUT2D eigenvalue weighted by Crippen LogP contribution is -2.08. The first-order chi connectivity index (χ1) is 5.24. The van der Waals surface area contributed by atoms with Crippen LogP contribution in [-0.2, 0) is 0 Å². The molecule has 0 radical (unpaired) electrons. The summed E-state index contributed by atoms with van der Waals surface area (Å²) >= 11 is 3.19. The average molecular weight is 216 g/mol. The second-order valence-corrected chi connectivity index (χ2v) is 2.63. The van der Waals surface area contributed by atoms with Crippen molar-refractivity contribution in [3.63, 3.8) is 0 Å². The number of H-pyrrole nitrogens is 1. The first-order valence-electron chi connectivity index (χ1n) is 2.97. The zero-order valence-electron chi connectivity index (χ0n) is 5.84. The minimum absolute atomic E-state index is 0.395. The Kier molecular flexibility index (Phi) is 2.53. The number of halogens is 1. The van der Waals surface area contributed by atoms with Gasteiger partial charge in [0.1, 0.15) is 5.82 Å². The number of nitrogens with zero attached hydrogens (tertiary/aromatic N) is 2. The van der Waals surface area contributed by atoms with Gasteiger partial charge in [0, 0.05) is 6.21 Å². The molecule has 0 aromatic carbocycles. The van der Waals surface area contributed by atoms with Gasteiger partial charge in [-0.05, 0) is 22.9 Å². The normalized spacial score (nSPS) is 10.7. The molecule has 58 valence electrons. The van der Waals surface area contributed by atoms with E-state index in [2.05, 4.69) is 30.9 Å². The van der Waals surface area contributed by atoms with E-state index in [0.717, 1.165) is 0 Å². The minimum atomic E-state index is -0.395. The maximum atomic E-state index is 10.7. The highest BCUT2D eigenvalue weighted by atomic mass is 79.9. The largest absolute Gasteiger partial charge is 0.346 e. The van der Waals surface area contributed by atoms with Gasteiger partial charge < -0.3 is 0 Å². The van der Waals surface area contributed by atoms with Crippen molar-refractivity contribution in [2.24, 2.45) is 4.99 Å². The van der Waals surface area contributed by atoms with E-state index in [4.69, 9.17) is 0 Å². The molecule has 0 bridgehead atoms. The number of aromatic amines is 1. The maximum absolute atomic E-state index is 10.7. The fraction of sp³-hybridized carbons (Fsp3) is 0.167. The third-order valence-electron chi connectivity index (χ3n) is 1.00. The number of hydrogen-bond acceptors (Lipinski definition) is 3. The van der Waals surface area contributed by atoms with Gasteiger partial charge in [0.25, 0.3) is 0 Å². The summed E-state index contributed by atoms with van der Waals surface area (Å²) in [6.45, 7) is 1.77. The van der Waals surface area contributed by atoms with Crippen LogP contribution in [-0.4, -0.2) is 16.2 Å².